The van der Waals surface area contributed by atoms with Crippen molar-refractivity contribution in [3.63, 3.8) is 0 Å². The maximum Gasteiger partial charge on any atom is 0.123 e. The second kappa shape index (κ2) is 5.69. The zero-order valence-corrected chi connectivity index (χ0v) is 13.2. The van der Waals surface area contributed by atoms with E-state index in [0.29, 0.717) is 5.75 Å². The first-order chi connectivity index (χ1) is 10.6. The van der Waals surface area contributed by atoms with Gasteiger partial charge in [0, 0.05) is 5.56 Å². The van der Waals surface area contributed by atoms with E-state index in [1.807, 2.05) is 24.3 Å². The van der Waals surface area contributed by atoms with Gasteiger partial charge in [-0.1, -0.05) is 54.6 Å². The molecule has 1 heteroatoms. The van der Waals surface area contributed by atoms with Crippen molar-refractivity contribution in [3.8, 4) is 28.0 Å². The SMILES string of the molecule is Cc1cc(C)c(-c2ccccc2O)c(C)c1-c1ccccc1. The van der Waals surface area contributed by atoms with E-state index in [4.69, 9.17) is 0 Å². The van der Waals surface area contributed by atoms with Gasteiger partial charge in [0.05, 0.1) is 0 Å². The number of benzene rings is 3. The molecule has 0 aliphatic heterocycles. The third-order valence-corrected chi connectivity index (χ3v) is 4.21. The van der Waals surface area contributed by atoms with E-state index in [9.17, 15) is 5.11 Å². The highest BCUT2D eigenvalue weighted by molar-refractivity contribution is 5.84. The number of hydrogen-bond acceptors (Lipinski definition) is 1. The van der Waals surface area contributed by atoms with E-state index in [1.165, 1.54) is 27.8 Å². The molecule has 0 atom stereocenters. The second-order valence-corrected chi connectivity index (χ2v) is 5.77. The smallest absolute Gasteiger partial charge is 0.123 e. The number of aryl methyl sites for hydroxylation is 2. The molecule has 0 aromatic heterocycles. The molecule has 1 nitrogen and oxygen atoms in total. The van der Waals surface area contributed by atoms with Crippen molar-refractivity contribution in [3.05, 3.63) is 77.4 Å². The topological polar surface area (TPSA) is 20.2 Å². The first-order valence-corrected chi connectivity index (χ1v) is 7.54. The van der Waals surface area contributed by atoms with Crippen molar-refractivity contribution in [2.75, 3.05) is 0 Å². The van der Waals surface area contributed by atoms with E-state index in [1.54, 1.807) is 6.07 Å². The highest BCUT2D eigenvalue weighted by Gasteiger charge is 2.15. The maximum absolute atomic E-state index is 10.2. The van der Waals surface area contributed by atoms with Gasteiger partial charge in [-0.3, -0.25) is 0 Å². The molecule has 0 saturated heterocycles. The van der Waals surface area contributed by atoms with Crippen LogP contribution in [-0.4, -0.2) is 5.11 Å². The molecule has 0 aliphatic rings. The van der Waals surface area contributed by atoms with Gasteiger partial charge in [-0.05, 0) is 60.2 Å². The minimum atomic E-state index is 0.330. The average Bonchev–Trinajstić information content (AvgIpc) is 2.50. The summed E-state index contributed by atoms with van der Waals surface area (Å²) in [6, 6.07) is 20.2. The summed E-state index contributed by atoms with van der Waals surface area (Å²) >= 11 is 0. The molecule has 0 aliphatic carbocycles. The van der Waals surface area contributed by atoms with Crippen LogP contribution in [0.25, 0.3) is 22.3 Å². The van der Waals surface area contributed by atoms with E-state index >= 15 is 0 Å². The lowest BCUT2D eigenvalue weighted by Crippen LogP contribution is -1.96. The molecule has 0 unspecified atom stereocenters. The predicted octanol–water partition coefficient (Wildman–Crippen LogP) is 5.65. The minimum absolute atomic E-state index is 0.330. The third-order valence-electron chi connectivity index (χ3n) is 4.21. The molecule has 0 radical (unpaired) electrons. The molecule has 0 amide bonds. The summed E-state index contributed by atoms with van der Waals surface area (Å²) in [5, 5.41) is 10.2. The number of phenolic OH excluding ortho intramolecular Hbond substituents is 1. The van der Waals surface area contributed by atoms with Crippen molar-refractivity contribution in [2.24, 2.45) is 0 Å². The fraction of sp³-hybridized carbons (Fsp3) is 0.143. The van der Waals surface area contributed by atoms with Crippen LogP contribution in [0.15, 0.2) is 60.7 Å². The standard InChI is InChI=1S/C21H20O/c1-14-13-15(2)21(18-11-7-8-12-19(18)22)16(3)20(14)17-9-5-4-6-10-17/h4-13,22H,1-3H3. The van der Waals surface area contributed by atoms with Crippen LogP contribution in [0.1, 0.15) is 16.7 Å². The van der Waals surface area contributed by atoms with Crippen molar-refractivity contribution < 1.29 is 5.11 Å². The van der Waals surface area contributed by atoms with E-state index in [-0.39, 0.29) is 0 Å². The quantitative estimate of drug-likeness (QED) is 0.646. The molecule has 0 bridgehead atoms. The molecule has 0 heterocycles. The van der Waals surface area contributed by atoms with Crippen molar-refractivity contribution in [1.82, 2.24) is 0 Å². The Kier molecular flexibility index (Phi) is 3.72. The molecule has 0 saturated carbocycles. The Morgan fingerprint density at radius 3 is 1.95 bits per heavy atom. The van der Waals surface area contributed by atoms with Crippen LogP contribution >= 0.6 is 0 Å². The lowest BCUT2D eigenvalue weighted by molar-refractivity contribution is 0.477. The summed E-state index contributed by atoms with van der Waals surface area (Å²) in [4.78, 5) is 0. The minimum Gasteiger partial charge on any atom is -0.507 e. The summed E-state index contributed by atoms with van der Waals surface area (Å²) in [5.74, 6) is 0.330. The fourth-order valence-electron chi connectivity index (χ4n) is 3.33. The second-order valence-electron chi connectivity index (χ2n) is 5.77. The summed E-state index contributed by atoms with van der Waals surface area (Å²) in [6.45, 7) is 6.40. The molecule has 110 valence electrons. The lowest BCUT2D eigenvalue weighted by atomic mass is 9.86. The Morgan fingerprint density at radius 1 is 0.682 bits per heavy atom. The largest absolute Gasteiger partial charge is 0.507 e. The van der Waals surface area contributed by atoms with E-state index in [0.717, 1.165) is 11.1 Å². The van der Waals surface area contributed by atoms with Gasteiger partial charge in [0.25, 0.3) is 0 Å². The van der Waals surface area contributed by atoms with Crippen LogP contribution in [0.2, 0.25) is 0 Å². The fourth-order valence-corrected chi connectivity index (χ4v) is 3.33. The van der Waals surface area contributed by atoms with Gasteiger partial charge >= 0.3 is 0 Å². The molecular weight excluding hydrogens is 268 g/mol. The predicted molar refractivity (Wildman–Crippen MR) is 93.2 cm³/mol. The Labute approximate surface area is 131 Å². The molecule has 3 aromatic rings. The third kappa shape index (κ3) is 2.39. The van der Waals surface area contributed by atoms with E-state index < -0.39 is 0 Å². The van der Waals surface area contributed by atoms with Gasteiger partial charge in [0.1, 0.15) is 5.75 Å². The first-order valence-electron chi connectivity index (χ1n) is 7.54. The molecule has 3 aromatic carbocycles. The van der Waals surface area contributed by atoms with Crippen LogP contribution < -0.4 is 0 Å². The average molecular weight is 288 g/mol. The van der Waals surface area contributed by atoms with Gasteiger partial charge in [0.2, 0.25) is 0 Å². The lowest BCUT2D eigenvalue weighted by Gasteiger charge is -2.18. The first kappa shape index (κ1) is 14.4. The monoisotopic (exact) mass is 288 g/mol. The number of hydrogen-bond donors (Lipinski definition) is 1. The van der Waals surface area contributed by atoms with Gasteiger partial charge in [-0.15, -0.1) is 0 Å². The van der Waals surface area contributed by atoms with Gasteiger partial charge in [-0.2, -0.15) is 0 Å². The number of aromatic hydroxyl groups is 1. The Bertz CT molecular complexity index is 817. The van der Waals surface area contributed by atoms with Gasteiger partial charge in [-0.25, -0.2) is 0 Å². The molecule has 0 spiro atoms. The molecule has 22 heavy (non-hydrogen) atoms. The highest BCUT2D eigenvalue weighted by atomic mass is 16.3. The van der Waals surface area contributed by atoms with Crippen LogP contribution in [0.3, 0.4) is 0 Å². The van der Waals surface area contributed by atoms with Crippen LogP contribution in [0, 0.1) is 20.8 Å². The maximum atomic E-state index is 10.2. The Hall–Kier alpha value is -2.54. The molecule has 3 rings (SSSR count). The summed E-state index contributed by atoms with van der Waals surface area (Å²) in [6.07, 6.45) is 0. The van der Waals surface area contributed by atoms with E-state index in [2.05, 4.69) is 51.1 Å². The summed E-state index contributed by atoms with van der Waals surface area (Å²) in [7, 11) is 0. The zero-order chi connectivity index (χ0) is 15.7. The van der Waals surface area contributed by atoms with Gasteiger partial charge in [0.15, 0.2) is 0 Å². The van der Waals surface area contributed by atoms with Crippen LogP contribution in [0.4, 0.5) is 0 Å². The molecule has 0 fully saturated rings. The van der Waals surface area contributed by atoms with Crippen molar-refractivity contribution >= 4 is 0 Å². The summed E-state index contributed by atoms with van der Waals surface area (Å²) in [5.41, 5.74) is 8.16. The van der Waals surface area contributed by atoms with Gasteiger partial charge < -0.3 is 5.11 Å². The van der Waals surface area contributed by atoms with Crippen molar-refractivity contribution in [2.45, 2.75) is 20.8 Å². The van der Waals surface area contributed by atoms with Crippen LogP contribution in [-0.2, 0) is 0 Å². The highest BCUT2D eigenvalue weighted by Crippen LogP contribution is 2.39. The van der Waals surface area contributed by atoms with Crippen LogP contribution in [0.5, 0.6) is 5.75 Å². The molecular formula is C21H20O. The summed E-state index contributed by atoms with van der Waals surface area (Å²) < 4.78 is 0. The van der Waals surface area contributed by atoms with Crippen molar-refractivity contribution in [1.29, 1.82) is 0 Å². The zero-order valence-electron chi connectivity index (χ0n) is 13.2. The normalized spacial score (nSPS) is 10.7. The number of para-hydroxylation sites is 1. The Balaban J connectivity index is 2.32. The number of phenols is 1. The molecule has 1 N–H and O–H groups in total. The number of rotatable bonds is 2. The Morgan fingerprint density at radius 2 is 1.27 bits per heavy atom.